The van der Waals surface area contributed by atoms with Gasteiger partial charge in [-0.05, 0) is 62.7 Å². The highest BCUT2D eigenvalue weighted by Gasteiger charge is 2.32. The second-order valence-corrected chi connectivity index (χ2v) is 9.30. The minimum Gasteiger partial charge on any atom is -0.350 e. The third kappa shape index (κ3) is 3.80. The summed E-state index contributed by atoms with van der Waals surface area (Å²) >= 11 is 8.33. The van der Waals surface area contributed by atoms with Crippen LogP contribution in [0.5, 0.6) is 0 Å². The van der Waals surface area contributed by atoms with Crippen molar-refractivity contribution in [3.05, 3.63) is 19.2 Å². The van der Waals surface area contributed by atoms with Crippen LogP contribution in [0.15, 0.2) is 13.6 Å². The molecular weight excluding hydrogens is 392 g/mol. The summed E-state index contributed by atoms with van der Waals surface area (Å²) in [5.41, 5.74) is 0.934. The van der Waals surface area contributed by atoms with Gasteiger partial charge in [-0.25, -0.2) is 0 Å². The number of hydrogen-bond acceptors (Lipinski definition) is 3. The number of hydrogen-bond donors (Lipinski definition) is 2. The molecule has 1 fully saturated rings. The van der Waals surface area contributed by atoms with Crippen LogP contribution in [-0.4, -0.2) is 25.0 Å². The summed E-state index contributed by atoms with van der Waals surface area (Å²) in [7, 11) is 0. The van der Waals surface area contributed by atoms with Crippen LogP contribution in [0.25, 0.3) is 0 Å². The molecule has 1 amide bonds. The van der Waals surface area contributed by atoms with Gasteiger partial charge in [0.15, 0.2) is 0 Å². The predicted molar refractivity (Wildman–Crippen MR) is 86.9 cm³/mol. The smallest absolute Gasteiger partial charge is 0.253 e. The van der Waals surface area contributed by atoms with Crippen molar-refractivity contribution in [1.82, 2.24) is 10.6 Å². The molecule has 0 saturated carbocycles. The Kier molecular flexibility index (Phi) is 5.09. The molecule has 2 heterocycles. The van der Waals surface area contributed by atoms with Crippen molar-refractivity contribution in [1.29, 1.82) is 0 Å². The Morgan fingerprint density at radius 2 is 2.32 bits per heavy atom. The molecule has 1 aromatic rings. The van der Waals surface area contributed by atoms with Gasteiger partial charge in [0.05, 0.1) is 13.1 Å². The third-order valence-corrected chi connectivity index (χ3v) is 6.04. The molecule has 1 unspecified atom stereocenters. The molecule has 6 heteroatoms. The van der Waals surface area contributed by atoms with Gasteiger partial charge in [-0.2, -0.15) is 0 Å². The van der Waals surface area contributed by atoms with Crippen LogP contribution in [0.2, 0.25) is 0 Å². The normalized spacial score (nSPS) is 22.2. The van der Waals surface area contributed by atoms with E-state index in [0.29, 0.717) is 18.2 Å². The Balaban J connectivity index is 1.95. The maximum Gasteiger partial charge on any atom is 0.253 e. The van der Waals surface area contributed by atoms with Crippen LogP contribution >= 0.6 is 43.2 Å². The molecule has 2 rings (SSSR count). The van der Waals surface area contributed by atoms with Crippen LogP contribution in [0.1, 0.15) is 37.0 Å². The third-order valence-electron chi connectivity index (χ3n) is 3.70. The molecule has 1 atom stereocenters. The Morgan fingerprint density at radius 3 is 2.89 bits per heavy atom. The molecule has 3 nitrogen and oxygen atoms in total. The summed E-state index contributed by atoms with van der Waals surface area (Å²) in [6, 6.07) is 2.19. The summed E-state index contributed by atoms with van der Waals surface area (Å²) in [5, 5.41) is 6.54. The topological polar surface area (TPSA) is 41.1 Å². The van der Waals surface area contributed by atoms with Gasteiger partial charge < -0.3 is 10.6 Å². The van der Waals surface area contributed by atoms with Gasteiger partial charge in [0.2, 0.25) is 0 Å². The number of halogens is 2. The Hall–Kier alpha value is 0.0900. The quantitative estimate of drug-likeness (QED) is 0.797. The highest BCUT2D eigenvalue weighted by Crippen LogP contribution is 2.32. The van der Waals surface area contributed by atoms with Crippen molar-refractivity contribution in [2.45, 2.75) is 32.7 Å². The summed E-state index contributed by atoms with van der Waals surface area (Å²) in [4.78, 5) is 12.1. The molecule has 1 aliphatic rings. The monoisotopic (exact) mass is 408 g/mol. The van der Waals surface area contributed by atoms with Crippen molar-refractivity contribution < 1.29 is 4.79 Å². The first kappa shape index (κ1) is 15.5. The van der Waals surface area contributed by atoms with Crippen LogP contribution < -0.4 is 10.6 Å². The molecule has 1 aliphatic heterocycles. The average molecular weight is 410 g/mol. The molecule has 0 aromatic carbocycles. The van der Waals surface area contributed by atoms with Crippen molar-refractivity contribution in [2.24, 2.45) is 5.41 Å². The maximum absolute atomic E-state index is 12.1. The lowest BCUT2D eigenvalue weighted by Crippen LogP contribution is -2.52. The fourth-order valence-electron chi connectivity index (χ4n) is 2.40. The van der Waals surface area contributed by atoms with Gasteiger partial charge in [0.25, 0.3) is 5.91 Å². The summed E-state index contributed by atoms with van der Waals surface area (Å²) < 4.78 is 1.83. The standard InChI is InChI=1S/C13H18Br2N2OS/c1-13(2)4-3-5-16-9(13)7-17-12(18)8-6-10(14)19-11(8)15/h6,9,16H,3-5,7H2,1-2H3,(H,17,18). The predicted octanol–water partition coefficient (Wildman–Crippen LogP) is 3.78. The second-order valence-electron chi connectivity index (χ2n) is 5.55. The van der Waals surface area contributed by atoms with Gasteiger partial charge in [0, 0.05) is 12.6 Å². The van der Waals surface area contributed by atoms with E-state index in [9.17, 15) is 4.79 Å². The van der Waals surface area contributed by atoms with Crippen LogP contribution in [0.3, 0.4) is 0 Å². The van der Waals surface area contributed by atoms with E-state index >= 15 is 0 Å². The van der Waals surface area contributed by atoms with E-state index in [1.54, 1.807) is 0 Å². The van der Waals surface area contributed by atoms with E-state index in [0.717, 1.165) is 14.1 Å². The first-order chi connectivity index (χ1) is 8.90. The van der Waals surface area contributed by atoms with E-state index in [1.165, 1.54) is 24.2 Å². The lowest BCUT2D eigenvalue weighted by molar-refractivity contribution is 0.0928. The molecule has 0 radical (unpaired) electrons. The molecule has 1 aromatic heterocycles. The van der Waals surface area contributed by atoms with Gasteiger partial charge in [-0.1, -0.05) is 13.8 Å². The van der Waals surface area contributed by atoms with E-state index in [4.69, 9.17) is 0 Å². The lowest BCUT2D eigenvalue weighted by Gasteiger charge is -2.39. The average Bonchev–Trinajstić information content (AvgIpc) is 2.66. The van der Waals surface area contributed by atoms with Crippen molar-refractivity contribution in [3.63, 3.8) is 0 Å². The van der Waals surface area contributed by atoms with Crippen LogP contribution in [-0.2, 0) is 0 Å². The summed E-state index contributed by atoms with van der Waals surface area (Å²) in [5.74, 6) is -0.0167. The van der Waals surface area contributed by atoms with Crippen molar-refractivity contribution in [3.8, 4) is 0 Å². The second kappa shape index (κ2) is 6.24. The Morgan fingerprint density at radius 1 is 1.58 bits per heavy atom. The minimum absolute atomic E-state index is 0.0167. The fraction of sp³-hybridized carbons (Fsp3) is 0.615. The highest BCUT2D eigenvalue weighted by molar-refractivity contribution is 9.12. The Labute approximate surface area is 134 Å². The zero-order valence-electron chi connectivity index (χ0n) is 11.1. The van der Waals surface area contributed by atoms with Crippen molar-refractivity contribution in [2.75, 3.05) is 13.1 Å². The number of carbonyl (C=O) groups is 1. The molecule has 1 saturated heterocycles. The first-order valence-corrected chi connectivity index (χ1v) is 8.77. The Bertz CT molecular complexity index is 473. The van der Waals surface area contributed by atoms with E-state index in [2.05, 4.69) is 56.3 Å². The fourth-order valence-corrected chi connectivity index (χ4v) is 5.20. The van der Waals surface area contributed by atoms with Gasteiger partial charge in [-0.15, -0.1) is 11.3 Å². The minimum atomic E-state index is -0.0167. The highest BCUT2D eigenvalue weighted by atomic mass is 79.9. The van der Waals surface area contributed by atoms with Crippen LogP contribution in [0.4, 0.5) is 0 Å². The number of thiophene rings is 1. The van der Waals surface area contributed by atoms with Gasteiger partial charge >= 0.3 is 0 Å². The van der Waals surface area contributed by atoms with Crippen molar-refractivity contribution >= 4 is 49.1 Å². The lowest BCUT2D eigenvalue weighted by atomic mass is 9.77. The molecular formula is C13H18Br2N2OS. The SMILES string of the molecule is CC1(C)CCCNC1CNC(=O)c1cc(Br)sc1Br. The zero-order chi connectivity index (χ0) is 14.0. The number of rotatable bonds is 3. The molecule has 19 heavy (non-hydrogen) atoms. The maximum atomic E-state index is 12.1. The number of nitrogens with one attached hydrogen (secondary N) is 2. The number of carbonyl (C=O) groups excluding carboxylic acids is 1. The molecule has 0 aliphatic carbocycles. The zero-order valence-corrected chi connectivity index (χ0v) is 15.0. The molecule has 0 bridgehead atoms. The van der Waals surface area contributed by atoms with E-state index in [-0.39, 0.29) is 11.3 Å². The number of piperidine rings is 1. The summed E-state index contributed by atoms with van der Waals surface area (Å²) in [6.07, 6.45) is 2.41. The van der Waals surface area contributed by atoms with E-state index < -0.39 is 0 Å². The molecule has 0 spiro atoms. The van der Waals surface area contributed by atoms with Crippen LogP contribution in [0, 0.1) is 5.41 Å². The van der Waals surface area contributed by atoms with Gasteiger partial charge in [-0.3, -0.25) is 4.79 Å². The molecule has 106 valence electrons. The van der Waals surface area contributed by atoms with Gasteiger partial charge in [0.1, 0.15) is 0 Å². The summed E-state index contributed by atoms with van der Waals surface area (Å²) in [6.45, 7) is 6.23. The number of amides is 1. The van der Waals surface area contributed by atoms with E-state index in [1.807, 2.05) is 6.07 Å². The largest absolute Gasteiger partial charge is 0.350 e. The molecule has 2 N–H and O–H groups in total. The first-order valence-electron chi connectivity index (χ1n) is 6.36.